The van der Waals surface area contributed by atoms with Gasteiger partial charge in [-0.2, -0.15) is 4.31 Å². The Morgan fingerprint density at radius 1 is 1.47 bits per heavy atom. The topological polar surface area (TPSA) is 92.9 Å². The molecule has 1 aromatic rings. The third-order valence-corrected chi connectivity index (χ3v) is 4.18. The Morgan fingerprint density at radius 3 is 2.59 bits per heavy atom. The third kappa shape index (κ3) is 2.87. The van der Waals surface area contributed by atoms with E-state index < -0.39 is 10.0 Å². The van der Waals surface area contributed by atoms with E-state index in [4.69, 9.17) is 15.6 Å². The van der Waals surface area contributed by atoms with Crippen molar-refractivity contribution in [3.63, 3.8) is 0 Å². The van der Waals surface area contributed by atoms with Crippen LogP contribution in [0.4, 0.5) is 5.69 Å². The highest BCUT2D eigenvalue weighted by atomic mass is 32.2. The monoisotopic (exact) mass is 260 g/mol. The number of anilines is 1. The Morgan fingerprint density at radius 2 is 2.12 bits per heavy atom. The van der Waals surface area contributed by atoms with Crippen LogP contribution in [0.1, 0.15) is 0 Å². The molecule has 0 bridgehead atoms. The van der Waals surface area contributed by atoms with Crippen molar-refractivity contribution in [1.82, 2.24) is 4.31 Å². The molecule has 0 aliphatic carbocycles. The maximum absolute atomic E-state index is 12.0. The zero-order valence-corrected chi connectivity index (χ0v) is 10.6. The smallest absolute Gasteiger partial charge is 0.242 e. The lowest BCUT2D eigenvalue weighted by atomic mass is 10.3. The lowest BCUT2D eigenvalue weighted by molar-refractivity contribution is 0.266. The first kappa shape index (κ1) is 13.8. The molecule has 0 saturated carbocycles. The number of aliphatic hydroxyl groups excluding tert-OH is 1. The fourth-order valence-electron chi connectivity index (χ4n) is 1.31. The van der Waals surface area contributed by atoms with Crippen molar-refractivity contribution in [2.24, 2.45) is 0 Å². The molecule has 1 aromatic carbocycles. The van der Waals surface area contributed by atoms with Crippen LogP contribution < -0.4 is 10.5 Å². The highest BCUT2D eigenvalue weighted by molar-refractivity contribution is 7.89. The number of nitrogens with zero attached hydrogens (tertiary/aromatic N) is 1. The summed E-state index contributed by atoms with van der Waals surface area (Å²) >= 11 is 0. The van der Waals surface area contributed by atoms with Gasteiger partial charge in [0.2, 0.25) is 10.0 Å². The Balaban J connectivity index is 3.12. The zero-order chi connectivity index (χ0) is 13.1. The number of benzene rings is 1. The first-order valence-electron chi connectivity index (χ1n) is 4.94. The number of ether oxygens (including phenoxy) is 1. The minimum Gasteiger partial charge on any atom is -0.495 e. The van der Waals surface area contributed by atoms with Crippen LogP contribution in [0.3, 0.4) is 0 Å². The minimum absolute atomic E-state index is 0.0360. The molecular formula is C10H16N2O4S. The largest absolute Gasteiger partial charge is 0.495 e. The number of nitrogen functional groups attached to an aromatic ring is 1. The summed E-state index contributed by atoms with van der Waals surface area (Å²) in [7, 11) is -0.760. The number of hydrogen-bond acceptors (Lipinski definition) is 5. The average Bonchev–Trinajstić information content (AvgIpc) is 2.29. The van der Waals surface area contributed by atoms with Crippen LogP contribution in [0, 0.1) is 0 Å². The normalized spacial score (nSPS) is 11.8. The fraction of sp³-hybridized carbons (Fsp3) is 0.400. The molecule has 0 unspecified atom stereocenters. The van der Waals surface area contributed by atoms with Gasteiger partial charge in [0, 0.05) is 13.6 Å². The first-order valence-corrected chi connectivity index (χ1v) is 6.38. The second-order valence-corrected chi connectivity index (χ2v) is 5.50. The Labute approximate surface area is 101 Å². The zero-order valence-electron chi connectivity index (χ0n) is 9.75. The number of rotatable bonds is 5. The molecule has 0 radical (unpaired) electrons. The summed E-state index contributed by atoms with van der Waals surface area (Å²) in [6.45, 7) is -0.199. The molecule has 0 atom stereocenters. The molecule has 96 valence electrons. The SMILES string of the molecule is COc1ccc(S(=O)(=O)N(C)CCO)cc1N. The van der Waals surface area contributed by atoms with Crippen molar-refractivity contribution in [2.45, 2.75) is 4.90 Å². The number of aliphatic hydroxyl groups is 1. The maximum Gasteiger partial charge on any atom is 0.242 e. The third-order valence-electron chi connectivity index (χ3n) is 2.32. The first-order chi connectivity index (χ1) is 7.93. The molecule has 0 spiro atoms. The summed E-state index contributed by atoms with van der Waals surface area (Å²) in [6, 6.07) is 4.25. The van der Waals surface area contributed by atoms with E-state index in [1.807, 2.05) is 0 Å². The van der Waals surface area contributed by atoms with Gasteiger partial charge in [0.05, 0.1) is 24.3 Å². The summed E-state index contributed by atoms with van der Waals surface area (Å²) in [5.74, 6) is 0.425. The Hall–Kier alpha value is -1.31. The standard InChI is InChI=1S/C10H16N2O4S/c1-12(5-6-13)17(14,15)8-3-4-10(16-2)9(11)7-8/h3-4,7,13H,5-6,11H2,1-2H3. The van der Waals surface area contributed by atoms with Crippen LogP contribution in [0.15, 0.2) is 23.1 Å². The number of methoxy groups -OCH3 is 1. The van der Waals surface area contributed by atoms with Gasteiger partial charge in [0.1, 0.15) is 5.75 Å². The van der Waals surface area contributed by atoms with Crippen molar-refractivity contribution >= 4 is 15.7 Å². The van der Waals surface area contributed by atoms with Gasteiger partial charge in [-0.05, 0) is 18.2 Å². The highest BCUT2D eigenvalue weighted by Crippen LogP contribution is 2.25. The molecule has 7 heteroatoms. The molecule has 0 saturated heterocycles. The van der Waals surface area contributed by atoms with Crippen molar-refractivity contribution < 1.29 is 18.3 Å². The molecule has 0 aromatic heterocycles. The number of nitrogens with two attached hydrogens (primary N) is 1. The highest BCUT2D eigenvalue weighted by Gasteiger charge is 2.21. The molecular weight excluding hydrogens is 244 g/mol. The van der Waals surface area contributed by atoms with E-state index >= 15 is 0 Å². The van der Waals surface area contributed by atoms with Crippen molar-refractivity contribution in [2.75, 3.05) is 33.0 Å². The van der Waals surface area contributed by atoms with Gasteiger partial charge in [-0.25, -0.2) is 8.42 Å². The van der Waals surface area contributed by atoms with Crippen molar-refractivity contribution in [3.8, 4) is 5.75 Å². The van der Waals surface area contributed by atoms with Gasteiger partial charge < -0.3 is 15.6 Å². The summed E-state index contributed by atoms with van der Waals surface area (Å²) in [5, 5.41) is 8.73. The quantitative estimate of drug-likeness (QED) is 0.721. The Bertz CT molecular complexity index is 487. The summed E-state index contributed by atoms with van der Waals surface area (Å²) in [6.07, 6.45) is 0. The predicted octanol–water partition coefficient (Wildman–Crippen LogP) is -0.110. The van der Waals surface area contributed by atoms with E-state index in [1.54, 1.807) is 0 Å². The van der Waals surface area contributed by atoms with Gasteiger partial charge in [-0.15, -0.1) is 0 Å². The molecule has 6 nitrogen and oxygen atoms in total. The minimum atomic E-state index is -3.61. The van der Waals surface area contributed by atoms with Gasteiger partial charge in [0.15, 0.2) is 0 Å². The molecule has 0 amide bonds. The maximum atomic E-state index is 12.0. The molecule has 0 fully saturated rings. The van der Waals surface area contributed by atoms with E-state index in [0.29, 0.717) is 5.75 Å². The Kier molecular flexibility index (Phi) is 4.33. The van der Waals surface area contributed by atoms with Gasteiger partial charge >= 0.3 is 0 Å². The van der Waals surface area contributed by atoms with E-state index in [9.17, 15) is 8.42 Å². The van der Waals surface area contributed by atoms with Crippen molar-refractivity contribution in [1.29, 1.82) is 0 Å². The second kappa shape index (κ2) is 5.35. The van der Waals surface area contributed by atoms with E-state index in [0.717, 1.165) is 4.31 Å². The predicted molar refractivity (Wildman–Crippen MR) is 64.3 cm³/mol. The molecule has 3 N–H and O–H groups in total. The lowest BCUT2D eigenvalue weighted by Gasteiger charge is -2.16. The van der Waals surface area contributed by atoms with E-state index in [-0.39, 0.29) is 23.7 Å². The van der Waals surface area contributed by atoms with Crippen LogP contribution in [-0.2, 0) is 10.0 Å². The summed E-state index contributed by atoms with van der Waals surface area (Å²) in [5.41, 5.74) is 5.90. The van der Waals surface area contributed by atoms with Gasteiger partial charge in [0.25, 0.3) is 0 Å². The number of hydrogen-bond donors (Lipinski definition) is 2. The summed E-state index contributed by atoms with van der Waals surface area (Å²) in [4.78, 5) is 0.0757. The van der Waals surface area contributed by atoms with Gasteiger partial charge in [-0.1, -0.05) is 0 Å². The molecule has 17 heavy (non-hydrogen) atoms. The van der Waals surface area contributed by atoms with Crippen LogP contribution >= 0.6 is 0 Å². The molecule has 1 rings (SSSR count). The average molecular weight is 260 g/mol. The summed E-state index contributed by atoms with van der Waals surface area (Å²) < 4.78 is 30.0. The fourth-order valence-corrected chi connectivity index (χ4v) is 2.51. The van der Waals surface area contributed by atoms with Crippen LogP contribution in [0.25, 0.3) is 0 Å². The lowest BCUT2D eigenvalue weighted by Crippen LogP contribution is -2.29. The molecule has 0 aliphatic heterocycles. The van der Waals surface area contributed by atoms with Gasteiger partial charge in [-0.3, -0.25) is 0 Å². The second-order valence-electron chi connectivity index (χ2n) is 3.45. The number of likely N-dealkylation sites (N-methyl/N-ethyl adjacent to an activating group) is 1. The van der Waals surface area contributed by atoms with Crippen LogP contribution in [-0.4, -0.2) is 45.1 Å². The van der Waals surface area contributed by atoms with Crippen LogP contribution in [0.2, 0.25) is 0 Å². The molecule has 0 aliphatic rings. The van der Waals surface area contributed by atoms with Crippen molar-refractivity contribution in [3.05, 3.63) is 18.2 Å². The molecule has 0 heterocycles. The number of sulfonamides is 1. The van der Waals surface area contributed by atoms with E-state index in [1.165, 1.54) is 32.4 Å². The van der Waals surface area contributed by atoms with Crippen LogP contribution in [0.5, 0.6) is 5.75 Å². The van der Waals surface area contributed by atoms with E-state index in [2.05, 4.69) is 0 Å².